The fraction of sp³-hybridized carbons (Fsp3) is 0.250. The molecule has 7 heteroatoms. The minimum atomic E-state index is -0.757. The van der Waals surface area contributed by atoms with Crippen LogP contribution in [0.3, 0.4) is 0 Å². The van der Waals surface area contributed by atoms with Crippen LogP contribution < -0.4 is 10.2 Å². The molecule has 1 atom stereocenters. The van der Waals surface area contributed by atoms with Crippen LogP contribution >= 0.6 is 0 Å². The Kier molecular flexibility index (Phi) is 5.21. The molecule has 0 radical (unpaired) electrons. The first kappa shape index (κ1) is 18.6. The minimum absolute atomic E-state index is 0.318. The quantitative estimate of drug-likeness (QED) is 0.824. The first-order chi connectivity index (χ1) is 12.9. The van der Waals surface area contributed by atoms with E-state index in [9.17, 15) is 18.8 Å². The van der Waals surface area contributed by atoms with E-state index in [1.54, 1.807) is 6.92 Å². The molecule has 1 N–H and O–H groups in total. The van der Waals surface area contributed by atoms with Gasteiger partial charge >= 0.3 is 6.03 Å². The predicted molar refractivity (Wildman–Crippen MR) is 98.5 cm³/mol. The van der Waals surface area contributed by atoms with Crippen LogP contribution in [0.15, 0.2) is 48.5 Å². The number of anilines is 1. The standard InChI is InChI=1S/C20H20FN3O3/c1-13-5-3-4-6-15(13)11-22-18(25)12-23-19(26)14(2)24(20(23)27)17-9-7-16(21)8-10-17/h3-10,14H,11-12H2,1-2H3,(H,22,25)/t14-/m0/s1. The summed E-state index contributed by atoms with van der Waals surface area (Å²) in [6, 6.07) is 11.6. The van der Waals surface area contributed by atoms with E-state index in [1.807, 2.05) is 31.2 Å². The molecule has 2 aromatic carbocycles. The second-order valence-electron chi connectivity index (χ2n) is 6.43. The van der Waals surface area contributed by atoms with Crippen LogP contribution in [-0.2, 0) is 16.1 Å². The highest BCUT2D eigenvalue weighted by Crippen LogP contribution is 2.25. The second-order valence-corrected chi connectivity index (χ2v) is 6.43. The van der Waals surface area contributed by atoms with Crippen LogP contribution in [0.5, 0.6) is 0 Å². The molecule has 2 aromatic rings. The van der Waals surface area contributed by atoms with Gasteiger partial charge in [0, 0.05) is 12.2 Å². The average Bonchev–Trinajstić information content (AvgIpc) is 2.85. The van der Waals surface area contributed by atoms with E-state index >= 15 is 0 Å². The maximum absolute atomic E-state index is 13.1. The number of aryl methyl sites for hydroxylation is 1. The van der Waals surface area contributed by atoms with Gasteiger partial charge in [0.15, 0.2) is 0 Å². The van der Waals surface area contributed by atoms with Crippen molar-refractivity contribution < 1.29 is 18.8 Å². The van der Waals surface area contributed by atoms with Crippen molar-refractivity contribution in [1.29, 1.82) is 0 Å². The molecule has 0 aromatic heterocycles. The van der Waals surface area contributed by atoms with Crippen LogP contribution in [0.2, 0.25) is 0 Å². The molecule has 1 heterocycles. The molecule has 0 unspecified atom stereocenters. The average molecular weight is 369 g/mol. The van der Waals surface area contributed by atoms with E-state index in [4.69, 9.17) is 0 Å². The van der Waals surface area contributed by atoms with Gasteiger partial charge in [-0.3, -0.25) is 19.4 Å². The molecule has 1 saturated heterocycles. The molecule has 0 aliphatic carbocycles. The highest BCUT2D eigenvalue weighted by atomic mass is 19.1. The van der Waals surface area contributed by atoms with Crippen LogP contribution in [0.4, 0.5) is 14.9 Å². The van der Waals surface area contributed by atoms with Gasteiger partial charge in [-0.1, -0.05) is 24.3 Å². The molecule has 1 fully saturated rings. The molecule has 140 valence electrons. The zero-order valence-electron chi connectivity index (χ0n) is 15.1. The fourth-order valence-corrected chi connectivity index (χ4v) is 3.01. The van der Waals surface area contributed by atoms with E-state index in [2.05, 4.69) is 5.32 Å². The van der Waals surface area contributed by atoms with E-state index in [1.165, 1.54) is 29.2 Å². The first-order valence-corrected chi connectivity index (χ1v) is 8.60. The summed E-state index contributed by atoms with van der Waals surface area (Å²) in [7, 11) is 0. The number of hydrogen-bond donors (Lipinski definition) is 1. The van der Waals surface area contributed by atoms with Crippen molar-refractivity contribution in [2.75, 3.05) is 11.4 Å². The fourth-order valence-electron chi connectivity index (χ4n) is 3.01. The summed E-state index contributed by atoms with van der Waals surface area (Å²) in [5.41, 5.74) is 2.42. The smallest absolute Gasteiger partial charge is 0.332 e. The van der Waals surface area contributed by atoms with Gasteiger partial charge in [-0.05, 0) is 49.2 Å². The van der Waals surface area contributed by atoms with Gasteiger partial charge in [-0.25, -0.2) is 9.18 Å². The minimum Gasteiger partial charge on any atom is -0.350 e. The lowest BCUT2D eigenvalue weighted by atomic mass is 10.1. The third-order valence-electron chi connectivity index (χ3n) is 4.59. The van der Waals surface area contributed by atoms with Gasteiger partial charge in [0.2, 0.25) is 5.91 Å². The van der Waals surface area contributed by atoms with Crippen molar-refractivity contribution in [2.45, 2.75) is 26.4 Å². The lowest BCUT2D eigenvalue weighted by Gasteiger charge is -2.19. The molecule has 1 aliphatic rings. The molecule has 1 aliphatic heterocycles. The molecular weight excluding hydrogens is 349 g/mol. The molecule has 4 amide bonds. The number of imide groups is 1. The van der Waals surface area contributed by atoms with E-state index in [-0.39, 0.29) is 6.54 Å². The molecule has 0 saturated carbocycles. The lowest BCUT2D eigenvalue weighted by Crippen LogP contribution is -2.41. The van der Waals surface area contributed by atoms with Crippen LogP contribution in [0.1, 0.15) is 18.1 Å². The molecule has 0 bridgehead atoms. The van der Waals surface area contributed by atoms with Crippen molar-refractivity contribution in [3.63, 3.8) is 0 Å². The van der Waals surface area contributed by atoms with Crippen LogP contribution in [-0.4, -0.2) is 35.3 Å². The summed E-state index contributed by atoms with van der Waals surface area (Å²) in [6.45, 7) is 3.48. The maximum Gasteiger partial charge on any atom is 0.332 e. The van der Waals surface area contributed by atoms with Crippen molar-refractivity contribution in [3.8, 4) is 0 Å². The normalized spacial score (nSPS) is 16.8. The van der Waals surface area contributed by atoms with Crippen molar-refractivity contribution in [1.82, 2.24) is 10.2 Å². The van der Waals surface area contributed by atoms with Gasteiger partial charge in [0.25, 0.3) is 5.91 Å². The molecule has 6 nitrogen and oxygen atoms in total. The Bertz CT molecular complexity index is 882. The Morgan fingerprint density at radius 2 is 1.78 bits per heavy atom. The zero-order chi connectivity index (χ0) is 19.6. The number of nitrogens with one attached hydrogen (secondary N) is 1. The Labute approximate surface area is 156 Å². The number of benzene rings is 2. The van der Waals surface area contributed by atoms with Gasteiger partial charge in [-0.2, -0.15) is 0 Å². The number of amides is 4. The first-order valence-electron chi connectivity index (χ1n) is 8.60. The number of halogens is 1. The highest BCUT2D eigenvalue weighted by molar-refractivity contribution is 6.15. The predicted octanol–water partition coefficient (Wildman–Crippen LogP) is 2.61. The zero-order valence-corrected chi connectivity index (χ0v) is 15.1. The molecule has 3 rings (SSSR count). The van der Waals surface area contributed by atoms with E-state index in [0.717, 1.165) is 16.0 Å². The SMILES string of the molecule is Cc1ccccc1CNC(=O)CN1C(=O)[C@H](C)N(c2ccc(F)cc2)C1=O. The van der Waals surface area contributed by atoms with Gasteiger partial charge < -0.3 is 5.32 Å². The number of hydrogen-bond acceptors (Lipinski definition) is 3. The molecule has 0 spiro atoms. The Hall–Kier alpha value is -3.22. The highest BCUT2D eigenvalue weighted by Gasteiger charge is 2.43. The Morgan fingerprint density at radius 3 is 2.44 bits per heavy atom. The van der Waals surface area contributed by atoms with Gasteiger partial charge in [-0.15, -0.1) is 0 Å². The summed E-state index contributed by atoms with van der Waals surface area (Å²) in [5.74, 6) is -1.32. The monoisotopic (exact) mass is 369 g/mol. The van der Waals surface area contributed by atoms with Crippen molar-refractivity contribution in [2.24, 2.45) is 0 Å². The second kappa shape index (κ2) is 7.57. The topological polar surface area (TPSA) is 69.7 Å². The summed E-state index contributed by atoms with van der Waals surface area (Å²) >= 11 is 0. The number of nitrogens with zero attached hydrogens (tertiary/aromatic N) is 2. The summed E-state index contributed by atoms with van der Waals surface area (Å²) in [6.07, 6.45) is 0. The van der Waals surface area contributed by atoms with E-state index in [0.29, 0.717) is 12.2 Å². The number of urea groups is 1. The summed E-state index contributed by atoms with van der Waals surface area (Å²) < 4.78 is 13.1. The third kappa shape index (κ3) is 3.81. The third-order valence-corrected chi connectivity index (χ3v) is 4.59. The van der Waals surface area contributed by atoms with Crippen LogP contribution in [0.25, 0.3) is 0 Å². The van der Waals surface area contributed by atoms with Gasteiger partial charge in [0.1, 0.15) is 18.4 Å². The van der Waals surface area contributed by atoms with Crippen molar-refractivity contribution in [3.05, 3.63) is 65.5 Å². The molecule has 27 heavy (non-hydrogen) atoms. The number of rotatable bonds is 5. The van der Waals surface area contributed by atoms with Crippen LogP contribution in [0, 0.1) is 12.7 Å². The summed E-state index contributed by atoms with van der Waals surface area (Å²) in [4.78, 5) is 39.5. The lowest BCUT2D eigenvalue weighted by molar-refractivity contribution is -0.131. The Morgan fingerprint density at radius 1 is 1.11 bits per heavy atom. The largest absolute Gasteiger partial charge is 0.350 e. The number of carbonyl (C=O) groups excluding carboxylic acids is 3. The summed E-state index contributed by atoms with van der Waals surface area (Å²) in [5, 5.41) is 2.73. The Balaban J connectivity index is 1.67. The van der Waals surface area contributed by atoms with Gasteiger partial charge in [0.05, 0.1) is 0 Å². The van der Waals surface area contributed by atoms with Crippen molar-refractivity contribution >= 4 is 23.5 Å². The van der Waals surface area contributed by atoms with E-state index < -0.39 is 29.7 Å². The number of carbonyl (C=O) groups is 3. The molecular formula is C20H20FN3O3. The maximum atomic E-state index is 13.1.